The fourth-order valence-electron chi connectivity index (χ4n) is 1.71. The van der Waals surface area contributed by atoms with Crippen LogP contribution in [0.25, 0.3) is 0 Å². The lowest BCUT2D eigenvalue weighted by Gasteiger charge is -2.10. The lowest BCUT2D eigenvalue weighted by molar-refractivity contribution is 0.104. The smallest absolute Gasteiger partial charge is 0.503 e. The number of hydrogen-bond donors (Lipinski definition) is 0. The molecule has 1 aliphatic rings. The summed E-state index contributed by atoms with van der Waals surface area (Å²) in [6.07, 6.45) is 10.0. The van der Waals surface area contributed by atoms with Crippen LogP contribution in [0.1, 0.15) is 10.4 Å². The second kappa shape index (κ2) is 7.27. The van der Waals surface area contributed by atoms with E-state index in [-0.39, 0.29) is 21.4 Å². The van der Waals surface area contributed by atoms with Crippen LogP contribution in [-0.2, 0) is 0 Å². The van der Waals surface area contributed by atoms with E-state index < -0.39 is 13.3 Å². The quantitative estimate of drug-likeness (QED) is 0.454. The average molecular weight is 328 g/mol. The molecule has 5 radical (unpaired) electrons. The van der Waals surface area contributed by atoms with E-state index in [1.807, 2.05) is 12.8 Å². The fraction of sp³-hybridized carbons (Fsp3) is 0. The zero-order valence-corrected chi connectivity index (χ0v) is 12.0. The van der Waals surface area contributed by atoms with Crippen LogP contribution in [0.2, 0.25) is 10.0 Å². The Balaban J connectivity index is 2.25. The molecule has 0 bridgehead atoms. The zero-order chi connectivity index (χ0) is 15.4. The number of halogens is 4. The van der Waals surface area contributed by atoms with Gasteiger partial charge in [0.15, 0.2) is 5.78 Å². The van der Waals surface area contributed by atoms with Gasteiger partial charge in [-0.1, -0.05) is 29.3 Å². The Hall–Kier alpha value is -1.07. The van der Waals surface area contributed by atoms with E-state index in [4.69, 9.17) is 23.2 Å². The van der Waals surface area contributed by atoms with Crippen molar-refractivity contribution < 1.29 is 18.1 Å². The normalized spacial score (nSPS) is 15.6. The number of benzene rings is 1. The van der Waals surface area contributed by atoms with Gasteiger partial charge in [-0.05, 0) is 43.9 Å². The summed E-state index contributed by atoms with van der Waals surface area (Å²) in [5.74, 6) is -0.0997. The fourth-order valence-corrected chi connectivity index (χ4v) is 2.25. The number of carbonyl (C=O) groups excluding carboxylic acids is 1. The molecular weight excluding hydrogens is 320 g/mol. The predicted molar refractivity (Wildman–Crippen MR) is 79.0 cm³/mol. The molecule has 0 saturated heterocycles. The molecule has 1 fully saturated rings. The lowest BCUT2D eigenvalue weighted by Crippen LogP contribution is -2.12. The van der Waals surface area contributed by atoms with E-state index in [0.717, 1.165) is 5.92 Å². The maximum atomic E-state index is 12.4. The summed E-state index contributed by atoms with van der Waals surface area (Å²) in [5.41, 5.74) is -0.115. The Kier molecular flexibility index (Phi) is 5.65. The van der Waals surface area contributed by atoms with Gasteiger partial charge in [0, 0.05) is 10.9 Å². The highest BCUT2D eigenvalue weighted by Crippen LogP contribution is 2.34. The molecule has 2 nitrogen and oxygen atoms in total. The predicted octanol–water partition coefficient (Wildman–Crippen LogP) is 4.44. The van der Waals surface area contributed by atoms with E-state index in [9.17, 15) is 13.4 Å². The highest BCUT2D eigenvalue weighted by Gasteiger charge is 2.24. The Morgan fingerprint density at radius 2 is 1.86 bits per heavy atom. The van der Waals surface area contributed by atoms with Crippen molar-refractivity contribution in [3.63, 3.8) is 0 Å². The molecular formula is C14H8BCl2F2O2. The van der Waals surface area contributed by atoms with Gasteiger partial charge in [-0.25, -0.2) is 8.63 Å². The monoisotopic (exact) mass is 327 g/mol. The molecule has 0 amide bonds. The topological polar surface area (TPSA) is 26.3 Å². The summed E-state index contributed by atoms with van der Waals surface area (Å²) in [6.45, 7) is 0. The van der Waals surface area contributed by atoms with Crippen molar-refractivity contribution >= 4 is 36.5 Å². The molecule has 0 aliphatic heterocycles. The number of allylic oxidation sites excluding steroid dienone is 2. The van der Waals surface area contributed by atoms with Crippen LogP contribution in [0.5, 0.6) is 5.75 Å². The first-order valence-corrected chi connectivity index (χ1v) is 6.61. The highest BCUT2D eigenvalue weighted by molar-refractivity contribution is 6.39. The number of carbonyl (C=O) groups is 1. The molecule has 1 aromatic rings. The van der Waals surface area contributed by atoms with E-state index in [1.165, 1.54) is 18.2 Å². The summed E-state index contributed by atoms with van der Waals surface area (Å²) in [7, 11) is -3.09. The van der Waals surface area contributed by atoms with Crippen LogP contribution in [0.4, 0.5) is 8.63 Å². The Morgan fingerprint density at radius 1 is 1.19 bits per heavy atom. The molecule has 0 spiro atoms. The van der Waals surface area contributed by atoms with Gasteiger partial charge in [0.25, 0.3) is 0 Å². The summed E-state index contributed by atoms with van der Waals surface area (Å²) < 4.78 is 29.1. The third-order valence-corrected chi connectivity index (χ3v) is 3.10. The van der Waals surface area contributed by atoms with Crippen LogP contribution in [-0.4, -0.2) is 13.3 Å². The van der Waals surface area contributed by atoms with Gasteiger partial charge in [0.05, 0.1) is 10.6 Å². The minimum Gasteiger partial charge on any atom is -0.503 e. The van der Waals surface area contributed by atoms with Gasteiger partial charge < -0.3 is 4.65 Å². The van der Waals surface area contributed by atoms with E-state index in [1.54, 1.807) is 18.9 Å². The summed E-state index contributed by atoms with van der Waals surface area (Å²) >= 11 is 11.6. The lowest BCUT2D eigenvalue weighted by atomic mass is 10.0. The summed E-state index contributed by atoms with van der Waals surface area (Å²) in [4.78, 5) is 12.1. The first-order chi connectivity index (χ1) is 9.97. The van der Waals surface area contributed by atoms with Gasteiger partial charge >= 0.3 is 7.47 Å². The van der Waals surface area contributed by atoms with Crippen molar-refractivity contribution in [3.05, 3.63) is 71.5 Å². The summed E-state index contributed by atoms with van der Waals surface area (Å²) in [6, 6.07) is 2.47. The largest absolute Gasteiger partial charge is 0.796 e. The molecule has 0 heterocycles. The maximum absolute atomic E-state index is 12.4. The Labute approximate surface area is 132 Å². The number of rotatable bonds is 5. The standard InChI is InChI=1S/C14H8BCl2F2O2/c16-10-7-11(14(12(17)8-10)21-15(18)19)13(20)6-5-9-3-1-2-4-9/h1-8H/b6-5+. The van der Waals surface area contributed by atoms with Crippen LogP contribution in [0, 0.1) is 31.6 Å². The Bertz CT molecular complexity index is 558. The van der Waals surface area contributed by atoms with Crippen molar-refractivity contribution in [3.8, 4) is 5.75 Å². The van der Waals surface area contributed by atoms with Crippen molar-refractivity contribution in [2.45, 2.75) is 0 Å². The third-order valence-electron chi connectivity index (χ3n) is 2.60. The molecule has 21 heavy (non-hydrogen) atoms. The maximum Gasteiger partial charge on any atom is 0.796 e. The second-order valence-electron chi connectivity index (χ2n) is 4.06. The molecule has 0 N–H and O–H groups in total. The molecule has 1 aromatic carbocycles. The van der Waals surface area contributed by atoms with Crippen molar-refractivity contribution in [1.29, 1.82) is 0 Å². The zero-order valence-electron chi connectivity index (χ0n) is 10.5. The molecule has 1 aliphatic carbocycles. The molecule has 107 valence electrons. The molecule has 0 unspecified atom stereocenters. The van der Waals surface area contributed by atoms with Crippen molar-refractivity contribution in [2.24, 2.45) is 0 Å². The molecule has 0 aromatic heterocycles. The highest BCUT2D eigenvalue weighted by atomic mass is 35.5. The van der Waals surface area contributed by atoms with Crippen LogP contribution in [0.15, 0.2) is 24.3 Å². The van der Waals surface area contributed by atoms with Crippen molar-refractivity contribution in [2.75, 3.05) is 0 Å². The van der Waals surface area contributed by atoms with Crippen LogP contribution in [0.3, 0.4) is 0 Å². The van der Waals surface area contributed by atoms with E-state index in [2.05, 4.69) is 4.65 Å². The average Bonchev–Trinajstić information content (AvgIpc) is 2.91. The SMILES string of the molecule is O=C(/C=C/[C]1[CH][CH][CH][CH]1)c1cc(Cl)cc(Cl)c1OB(F)F. The minimum absolute atomic E-state index is 0.115. The molecule has 2 rings (SSSR count). The summed E-state index contributed by atoms with van der Waals surface area (Å²) in [5, 5.41) is 0.0135. The first-order valence-electron chi connectivity index (χ1n) is 5.85. The number of hydrogen-bond acceptors (Lipinski definition) is 2. The van der Waals surface area contributed by atoms with Crippen LogP contribution < -0.4 is 4.65 Å². The number of ketones is 1. The van der Waals surface area contributed by atoms with Gasteiger partial charge in [-0.3, -0.25) is 4.79 Å². The van der Waals surface area contributed by atoms with Gasteiger partial charge in [0.2, 0.25) is 0 Å². The molecule has 7 heteroatoms. The minimum atomic E-state index is -3.09. The Morgan fingerprint density at radius 3 is 2.48 bits per heavy atom. The van der Waals surface area contributed by atoms with Gasteiger partial charge in [-0.2, -0.15) is 0 Å². The van der Waals surface area contributed by atoms with E-state index >= 15 is 0 Å². The van der Waals surface area contributed by atoms with E-state index in [0.29, 0.717) is 0 Å². The van der Waals surface area contributed by atoms with Crippen LogP contribution >= 0.6 is 23.2 Å². The first kappa shape index (κ1) is 16.3. The molecule has 0 atom stereocenters. The van der Waals surface area contributed by atoms with Gasteiger partial charge in [-0.15, -0.1) is 0 Å². The third kappa shape index (κ3) is 4.45. The molecule has 1 saturated carbocycles. The second-order valence-corrected chi connectivity index (χ2v) is 4.90. The van der Waals surface area contributed by atoms with Gasteiger partial charge in [0.1, 0.15) is 5.75 Å². The van der Waals surface area contributed by atoms with Crippen molar-refractivity contribution in [1.82, 2.24) is 0 Å².